The van der Waals surface area contributed by atoms with Crippen LogP contribution in [0.1, 0.15) is 46.0 Å². The number of fused-ring (bicyclic) bond motifs is 2. The summed E-state index contributed by atoms with van der Waals surface area (Å²) >= 11 is 0. The van der Waals surface area contributed by atoms with Gasteiger partial charge in [-0.05, 0) is 56.8 Å². The third kappa shape index (κ3) is 2.16. The van der Waals surface area contributed by atoms with Crippen LogP contribution in [0.3, 0.4) is 0 Å². The van der Waals surface area contributed by atoms with E-state index in [-0.39, 0.29) is 11.6 Å². The van der Waals surface area contributed by atoms with E-state index in [0.29, 0.717) is 5.92 Å². The molecule has 2 saturated carbocycles. The summed E-state index contributed by atoms with van der Waals surface area (Å²) in [5, 5.41) is 0. The van der Waals surface area contributed by atoms with Crippen LogP contribution in [0.15, 0.2) is 12.7 Å². The van der Waals surface area contributed by atoms with Gasteiger partial charge in [-0.25, -0.2) is 4.79 Å². The molecular weight excluding hydrogens is 200 g/mol. The quantitative estimate of drug-likeness (QED) is 0.529. The lowest BCUT2D eigenvalue weighted by Crippen LogP contribution is -2.47. The zero-order valence-electron chi connectivity index (χ0n) is 10.4. The molecule has 4 unspecified atom stereocenters. The Morgan fingerprint density at radius 2 is 2.19 bits per heavy atom. The monoisotopic (exact) mass is 222 g/mol. The van der Waals surface area contributed by atoms with E-state index in [0.717, 1.165) is 18.3 Å². The molecule has 0 spiro atoms. The van der Waals surface area contributed by atoms with E-state index < -0.39 is 0 Å². The summed E-state index contributed by atoms with van der Waals surface area (Å²) in [4.78, 5) is 11.4. The van der Waals surface area contributed by atoms with Crippen molar-refractivity contribution < 1.29 is 9.53 Å². The highest BCUT2D eigenvalue weighted by molar-refractivity contribution is 5.81. The SMILES string of the molecule is C=CC(=O)OC1(C)CCC2CC(C)CC1C2. The molecule has 0 N–H and O–H groups in total. The van der Waals surface area contributed by atoms with Crippen molar-refractivity contribution in [1.29, 1.82) is 0 Å². The van der Waals surface area contributed by atoms with Crippen LogP contribution in [-0.2, 0) is 9.53 Å². The Hall–Kier alpha value is -0.790. The lowest BCUT2D eigenvalue weighted by atomic mass is 9.62. The predicted octanol–water partition coefficient (Wildman–Crippen LogP) is 3.32. The molecule has 4 atom stereocenters. The van der Waals surface area contributed by atoms with Gasteiger partial charge in [0, 0.05) is 6.08 Å². The van der Waals surface area contributed by atoms with E-state index in [1.165, 1.54) is 31.8 Å². The van der Waals surface area contributed by atoms with E-state index in [2.05, 4.69) is 20.4 Å². The van der Waals surface area contributed by atoms with Crippen LogP contribution in [0.4, 0.5) is 0 Å². The zero-order valence-corrected chi connectivity index (χ0v) is 10.4. The molecule has 2 bridgehead atoms. The minimum atomic E-state index is -0.265. The van der Waals surface area contributed by atoms with Gasteiger partial charge >= 0.3 is 5.97 Å². The lowest BCUT2D eigenvalue weighted by Gasteiger charge is -2.48. The van der Waals surface area contributed by atoms with Gasteiger partial charge in [0.25, 0.3) is 0 Å². The average Bonchev–Trinajstić information content (AvgIpc) is 2.24. The van der Waals surface area contributed by atoms with Gasteiger partial charge in [-0.2, -0.15) is 0 Å². The Morgan fingerprint density at radius 1 is 1.44 bits per heavy atom. The van der Waals surface area contributed by atoms with Crippen molar-refractivity contribution in [3.8, 4) is 0 Å². The van der Waals surface area contributed by atoms with Gasteiger partial charge in [-0.1, -0.05) is 13.5 Å². The fourth-order valence-corrected chi connectivity index (χ4v) is 3.58. The molecule has 16 heavy (non-hydrogen) atoms. The first-order valence-corrected chi connectivity index (χ1v) is 6.39. The number of esters is 1. The van der Waals surface area contributed by atoms with Crippen molar-refractivity contribution in [2.75, 3.05) is 0 Å². The van der Waals surface area contributed by atoms with Crippen LogP contribution in [0.25, 0.3) is 0 Å². The summed E-state index contributed by atoms with van der Waals surface area (Å²) in [6.07, 6.45) is 7.32. The average molecular weight is 222 g/mol. The van der Waals surface area contributed by atoms with E-state index >= 15 is 0 Å². The van der Waals surface area contributed by atoms with E-state index in [9.17, 15) is 4.79 Å². The summed E-state index contributed by atoms with van der Waals surface area (Å²) in [5.41, 5.74) is -0.240. The minimum Gasteiger partial charge on any atom is -0.456 e. The van der Waals surface area contributed by atoms with Crippen LogP contribution in [0.2, 0.25) is 0 Å². The molecule has 0 aliphatic heterocycles. The number of carbonyl (C=O) groups excluding carboxylic acids is 1. The zero-order chi connectivity index (χ0) is 11.8. The second-order valence-electron chi connectivity index (χ2n) is 5.85. The van der Waals surface area contributed by atoms with Crippen LogP contribution in [-0.4, -0.2) is 11.6 Å². The molecule has 2 aliphatic carbocycles. The van der Waals surface area contributed by atoms with Crippen molar-refractivity contribution in [1.82, 2.24) is 0 Å². The Balaban J connectivity index is 2.09. The maximum Gasteiger partial charge on any atom is 0.330 e. The van der Waals surface area contributed by atoms with Crippen LogP contribution in [0.5, 0.6) is 0 Å². The van der Waals surface area contributed by atoms with E-state index in [1.54, 1.807) is 0 Å². The minimum absolute atomic E-state index is 0.240. The topological polar surface area (TPSA) is 26.3 Å². The highest BCUT2D eigenvalue weighted by Crippen LogP contribution is 2.48. The second-order valence-corrected chi connectivity index (χ2v) is 5.85. The maximum absolute atomic E-state index is 11.4. The van der Waals surface area contributed by atoms with Gasteiger partial charge in [0.2, 0.25) is 0 Å². The largest absolute Gasteiger partial charge is 0.456 e. The molecule has 2 nitrogen and oxygen atoms in total. The molecule has 2 rings (SSSR count). The van der Waals surface area contributed by atoms with Gasteiger partial charge in [0.15, 0.2) is 0 Å². The van der Waals surface area contributed by atoms with Crippen molar-refractivity contribution >= 4 is 5.97 Å². The fraction of sp³-hybridized carbons (Fsp3) is 0.786. The van der Waals surface area contributed by atoms with Crippen LogP contribution >= 0.6 is 0 Å². The third-order valence-electron chi connectivity index (χ3n) is 4.45. The standard InChI is InChI=1S/C14H22O2/c1-4-13(15)16-14(3)6-5-11-7-10(2)8-12(14)9-11/h4,10-12H,1,5-9H2,2-3H3. The number of ether oxygens (including phenoxy) is 1. The first kappa shape index (κ1) is 11.7. The molecule has 0 amide bonds. The summed E-state index contributed by atoms with van der Waals surface area (Å²) in [5.74, 6) is 1.94. The smallest absolute Gasteiger partial charge is 0.330 e. The van der Waals surface area contributed by atoms with Crippen molar-refractivity contribution in [3.05, 3.63) is 12.7 Å². The molecule has 0 saturated heterocycles. The van der Waals surface area contributed by atoms with Crippen LogP contribution in [0, 0.1) is 17.8 Å². The first-order valence-electron chi connectivity index (χ1n) is 6.39. The van der Waals surface area contributed by atoms with Crippen molar-refractivity contribution in [3.63, 3.8) is 0 Å². The molecule has 90 valence electrons. The fourth-order valence-electron chi connectivity index (χ4n) is 3.58. The Morgan fingerprint density at radius 3 is 2.88 bits per heavy atom. The van der Waals surface area contributed by atoms with E-state index in [1.807, 2.05) is 0 Å². The Kier molecular flexibility index (Phi) is 3.09. The van der Waals surface area contributed by atoms with Crippen molar-refractivity contribution in [2.45, 2.75) is 51.6 Å². The molecule has 2 heteroatoms. The lowest BCUT2D eigenvalue weighted by molar-refractivity contribution is -0.167. The van der Waals surface area contributed by atoms with Crippen LogP contribution < -0.4 is 0 Å². The molecule has 0 heterocycles. The number of carbonyl (C=O) groups is 1. The summed E-state index contributed by atoms with van der Waals surface area (Å²) in [7, 11) is 0. The first-order chi connectivity index (χ1) is 7.53. The van der Waals surface area contributed by atoms with Crippen molar-refractivity contribution in [2.24, 2.45) is 17.8 Å². The molecule has 2 aliphatic rings. The molecule has 0 aromatic rings. The molecule has 0 aromatic carbocycles. The Bertz CT molecular complexity index is 295. The van der Waals surface area contributed by atoms with E-state index in [4.69, 9.17) is 4.74 Å². The van der Waals surface area contributed by atoms with Gasteiger partial charge < -0.3 is 4.74 Å². The van der Waals surface area contributed by atoms with Gasteiger partial charge in [-0.3, -0.25) is 0 Å². The van der Waals surface area contributed by atoms with Gasteiger partial charge in [-0.15, -0.1) is 0 Å². The maximum atomic E-state index is 11.4. The third-order valence-corrected chi connectivity index (χ3v) is 4.45. The second kappa shape index (κ2) is 4.23. The summed E-state index contributed by atoms with van der Waals surface area (Å²) < 4.78 is 5.61. The number of hydrogen-bond donors (Lipinski definition) is 0. The predicted molar refractivity (Wildman–Crippen MR) is 63.9 cm³/mol. The normalized spacial score (nSPS) is 42.5. The molecular formula is C14H22O2. The van der Waals surface area contributed by atoms with Gasteiger partial charge in [0.1, 0.15) is 5.60 Å². The molecule has 0 aromatic heterocycles. The highest BCUT2D eigenvalue weighted by Gasteiger charge is 2.45. The summed E-state index contributed by atoms with van der Waals surface area (Å²) in [6, 6.07) is 0. The van der Waals surface area contributed by atoms with Gasteiger partial charge in [0.05, 0.1) is 0 Å². The molecule has 2 fully saturated rings. The number of rotatable bonds is 2. The summed E-state index contributed by atoms with van der Waals surface area (Å²) in [6.45, 7) is 7.90. The Labute approximate surface area is 98.1 Å². The molecule has 0 radical (unpaired) electrons. The highest BCUT2D eigenvalue weighted by atomic mass is 16.6. The number of hydrogen-bond acceptors (Lipinski definition) is 2.